The van der Waals surface area contributed by atoms with Crippen molar-refractivity contribution >= 4 is 52.1 Å². The van der Waals surface area contributed by atoms with Crippen molar-refractivity contribution in [1.82, 2.24) is 5.32 Å². The smallest absolute Gasteiger partial charge is 0.265 e. The standard InChI is InChI=1S/C27H28ClN3O4S/c1-17(2)16-34-22-8-6-7-19(15-22)26(33)31-27(36)30-21-13-11-20(12-14-21)29-25(32)18(3)35-24-10-5-4-9-23(24)28/h4-15,17-18H,16H2,1-3H3,(H,29,32)(H2,30,31,33,36). The minimum atomic E-state index is -0.750. The lowest BCUT2D eigenvalue weighted by atomic mass is 10.2. The summed E-state index contributed by atoms with van der Waals surface area (Å²) in [5.74, 6) is 0.771. The molecule has 0 radical (unpaired) electrons. The van der Waals surface area contributed by atoms with Gasteiger partial charge in [-0.1, -0.05) is 43.6 Å². The molecule has 0 saturated carbocycles. The normalized spacial score (nSPS) is 11.4. The van der Waals surface area contributed by atoms with E-state index in [1.807, 2.05) is 0 Å². The zero-order valence-corrected chi connectivity index (χ0v) is 21.8. The number of halogens is 1. The molecule has 3 N–H and O–H groups in total. The molecule has 9 heteroatoms. The van der Waals surface area contributed by atoms with Crippen molar-refractivity contribution in [2.75, 3.05) is 17.2 Å². The van der Waals surface area contributed by atoms with Gasteiger partial charge in [-0.3, -0.25) is 14.9 Å². The number of rotatable bonds is 9. The molecule has 0 heterocycles. The third-order valence-corrected chi connectivity index (χ3v) is 5.34. The molecule has 2 amide bonds. The number of hydrogen-bond acceptors (Lipinski definition) is 5. The predicted octanol–water partition coefficient (Wildman–Crippen LogP) is 5.91. The van der Waals surface area contributed by atoms with Crippen molar-refractivity contribution in [3.63, 3.8) is 0 Å². The molecule has 1 atom stereocenters. The van der Waals surface area contributed by atoms with Crippen molar-refractivity contribution in [3.8, 4) is 11.5 Å². The highest BCUT2D eigenvalue weighted by molar-refractivity contribution is 7.80. The average molecular weight is 526 g/mol. The van der Waals surface area contributed by atoms with Gasteiger partial charge in [0.1, 0.15) is 11.5 Å². The van der Waals surface area contributed by atoms with Crippen LogP contribution >= 0.6 is 23.8 Å². The lowest BCUT2D eigenvalue weighted by molar-refractivity contribution is -0.122. The van der Waals surface area contributed by atoms with Gasteiger partial charge < -0.3 is 20.1 Å². The quantitative estimate of drug-likeness (QED) is 0.301. The Morgan fingerprint density at radius 2 is 1.58 bits per heavy atom. The summed E-state index contributed by atoms with van der Waals surface area (Å²) in [6.45, 7) is 6.31. The first-order valence-corrected chi connectivity index (χ1v) is 12.2. The monoisotopic (exact) mass is 525 g/mol. The van der Waals surface area contributed by atoms with Crippen LogP contribution in [0.25, 0.3) is 0 Å². The van der Waals surface area contributed by atoms with Crippen molar-refractivity contribution in [1.29, 1.82) is 0 Å². The molecule has 0 aliphatic carbocycles. The van der Waals surface area contributed by atoms with E-state index in [0.717, 1.165) is 0 Å². The van der Waals surface area contributed by atoms with Crippen LogP contribution < -0.4 is 25.4 Å². The van der Waals surface area contributed by atoms with Gasteiger partial charge in [-0.15, -0.1) is 0 Å². The lowest BCUT2D eigenvalue weighted by Crippen LogP contribution is -2.34. The van der Waals surface area contributed by atoms with Crippen LogP contribution in [-0.2, 0) is 4.79 Å². The van der Waals surface area contributed by atoms with Gasteiger partial charge in [-0.25, -0.2) is 0 Å². The van der Waals surface area contributed by atoms with Crippen LogP contribution in [0, 0.1) is 5.92 Å². The molecule has 36 heavy (non-hydrogen) atoms. The first-order chi connectivity index (χ1) is 17.2. The van der Waals surface area contributed by atoms with Crippen LogP contribution in [-0.4, -0.2) is 29.6 Å². The number of nitrogens with one attached hydrogen (secondary N) is 3. The fourth-order valence-electron chi connectivity index (χ4n) is 2.99. The van der Waals surface area contributed by atoms with Crippen LogP contribution in [0.4, 0.5) is 11.4 Å². The van der Waals surface area contributed by atoms with Crippen molar-refractivity contribution < 1.29 is 19.1 Å². The van der Waals surface area contributed by atoms with Gasteiger partial charge in [0.05, 0.1) is 11.6 Å². The molecule has 3 aromatic carbocycles. The molecule has 1 unspecified atom stereocenters. The molecule has 0 saturated heterocycles. The van der Waals surface area contributed by atoms with E-state index < -0.39 is 6.10 Å². The predicted molar refractivity (Wildman–Crippen MR) is 147 cm³/mol. The fourth-order valence-corrected chi connectivity index (χ4v) is 3.38. The van der Waals surface area contributed by atoms with Gasteiger partial charge in [0.15, 0.2) is 11.2 Å². The molecule has 0 spiro atoms. The lowest BCUT2D eigenvalue weighted by Gasteiger charge is -2.16. The number of para-hydroxylation sites is 1. The summed E-state index contributed by atoms with van der Waals surface area (Å²) in [5.41, 5.74) is 1.66. The zero-order chi connectivity index (χ0) is 26.1. The Balaban J connectivity index is 1.50. The summed E-state index contributed by atoms with van der Waals surface area (Å²) in [4.78, 5) is 25.0. The first kappa shape index (κ1) is 27.0. The van der Waals surface area contributed by atoms with Crippen LogP contribution in [0.1, 0.15) is 31.1 Å². The van der Waals surface area contributed by atoms with Gasteiger partial charge in [-0.05, 0) is 79.7 Å². The third kappa shape index (κ3) is 8.25. The molecular weight excluding hydrogens is 498 g/mol. The maximum atomic E-state index is 12.6. The average Bonchev–Trinajstić information content (AvgIpc) is 2.85. The Kier molecular flexibility index (Phi) is 9.67. The van der Waals surface area contributed by atoms with E-state index in [4.69, 9.17) is 33.3 Å². The summed E-state index contributed by atoms with van der Waals surface area (Å²) in [5, 5.41) is 8.98. The minimum absolute atomic E-state index is 0.145. The van der Waals surface area contributed by atoms with Crippen LogP contribution in [0.5, 0.6) is 11.5 Å². The summed E-state index contributed by atoms with van der Waals surface area (Å²) in [6, 6.07) is 20.8. The van der Waals surface area contributed by atoms with Crippen molar-refractivity contribution in [2.45, 2.75) is 26.9 Å². The highest BCUT2D eigenvalue weighted by Crippen LogP contribution is 2.24. The van der Waals surface area contributed by atoms with Gasteiger partial charge in [0.25, 0.3) is 11.8 Å². The first-order valence-electron chi connectivity index (χ1n) is 11.4. The number of carbonyl (C=O) groups is 2. The van der Waals surface area contributed by atoms with Crippen LogP contribution in [0.3, 0.4) is 0 Å². The molecule has 3 aromatic rings. The van der Waals surface area contributed by atoms with E-state index in [-0.39, 0.29) is 16.9 Å². The molecule has 3 rings (SSSR count). The molecule has 0 aliphatic rings. The van der Waals surface area contributed by atoms with Crippen molar-refractivity contribution in [2.24, 2.45) is 5.92 Å². The summed E-state index contributed by atoms with van der Waals surface area (Å²) in [7, 11) is 0. The molecule has 0 aromatic heterocycles. The number of thiocarbonyl (C=S) groups is 1. The Morgan fingerprint density at radius 1 is 0.917 bits per heavy atom. The Morgan fingerprint density at radius 3 is 2.25 bits per heavy atom. The summed E-state index contributed by atoms with van der Waals surface area (Å²) >= 11 is 11.4. The maximum Gasteiger partial charge on any atom is 0.265 e. The maximum absolute atomic E-state index is 12.6. The Labute approximate surface area is 221 Å². The summed E-state index contributed by atoms with van der Waals surface area (Å²) < 4.78 is 11.3. The summed E-state index contributed by atoms with van der Waals surface area (Å²) in [6.07, 6.45) is -0.750. The minimum Gasteiger partial charge on any atom is -0.493 e. The third-order valence-electron chi connectivity index (χ3n) is 4.83. The van der Waals surface area contributed by atoms with Gasteiger partial charge in [0, 0.05) is 16.9 Å². The molecule has 0 fully saturated rings. The van der Waals surface area contributed by atoms with E-state index >= 15 is 0 Å². The molecule has 0 bridgehead atoms. The van der Waals surface area contributed by atoms with Crippen LogP contribution in [0.2, 0.25) is 5.02 Å². The molecular formula is C27H28ClN3O4S. The topological polar surface area (TPSA) is 88.7 Å². The van der Waals surface area contributed by atoms with E-state index in [2.05, 4.69) is 29.8 Å². The second-order valence-electron chi connectivity index (χ2n) is 8.40. The highest BCUT2D eigenvalue weighted by atomic mass is 35.5. The molecule has 7 nitrogen and oxygen atoms in total. The largest absolute Gasteiger partial charge is 0.493 e. The number of ether oxygens (including phenoxy) is 2. The molecule has 0 aliphatic heterocycles. The second kappa shape index (κ2) is 12.9. The number of benzene rings is 3. The van der Waals surface area contributed by atoms with Gasteiger partial charge >= 0.3 is 0 Å². The Hall–Kier alpha value is -3.62. The van der Waals surface area contributed by atoms with E-state index in [9.17, 15) is 9.59 Å². The second-order valence-corrected chi connectivity index (χ2v) is 9.21. The number of amides is 2. The molecule has 188 valence electrons. The number of anilines is 2. The van der Waals surface area contributed by atoms with Gasteiger partial charge in [0.2, 0.25) is 0 Å². The fraction of sp³-hybridized carbons (Fsp3) is 0.222. The number of hydrogen-bond donors (Lipinski definition) is 3. The van der Waals surface area contributed by atoms with Gasteiger partial charge in [-0.2, -0.15) is 0 Å². The van der Waals surface area contributed by atoms with E-state index in [1.54, 1.807) is 79.7 Å². The van der Waals surface area contributed by atoms with Crippen molar-refractivity contribution in [3.05, 3.63) is 83.4 Å². The van der Waals surface area contributed by atoms with E-state index in [0.29, 0.717) is 46.0 Å². The number of carbonyl (C=O) groups excluding carboxylic acids is 2. The zero-order valence-electron chi connectivity index (χ0n) is 20.2. The van der Waals surface area contributed by atoms with Crippen LogP contribution in [0.15, 0.2) is 72.8 Å². The SMILES string of the molecule is CC(C)COc1cccc(C(=O)NC(=S)Nc2ccc(NC(=O)C(C)Oc3ccccc3Cl)cc2)c1. The highest BCUT2D eigenvalue weighted by Gasteiger charge is 2.16. The van der Waals surface area contributed by atoms with E-state index in [1.165, 1.54) is 0 Å². The Bertz CT molecular complexity index is 1220.